The lowest BCUT2D eigenvalue weighted by Crippen LogP contribution is -2.05. The Hall–Kier alpha value is -1.90. The summed E-state index contributed by atoms with van der Waals surface area (Å²) in [6.45, 7) is 0. The van der Waals surface area contributed by atoms with Crippen LogP contribution < -0.4 is 16.2 Å². The van der Waals surface area contributed by atoms with E-state index in [0.717, 1.165) is 23.5 Å². The zero-order chi connectivity index (χ0) is 18.4. The molecule has 0 spiro atoms. The molecule has 25 heavy (non-hydrogen) atoms. The minimum Gasteiger partial charge on any atom is -0.457 e. The van der Waals surface area contributed by atoms with Gasteiger partial charge in [0, 0.05) is 27.7 Å². The first-order chi connectivity index (χ1) is 11.9. The molecular weight excluding hydrogens is 383 g/mol. The van der Waals surface area contributed by atoms with E-state index in [2.05, 4.69) is 0 Å². The van der Waals surface area contributed by atoms with Gasteiger partial charge in [-0.1, -0.05) is 41.2 Å². The molecule has 0 amide bonds. The zero-order valence-corrected chi connectivity index (χ0v) is 15.4. The number of nitrogens with two attached hydrogens (primary N) is 2. The summed E-state index contributed by atoms with van der Waals surface area (Å²) in [7, 11) is 0. The Bertz CT molecular complexity index is 804. The second-order valence-corrected chi connectivity index (χ2v) is 7.32. The van der Waals surface area contributed by atoms with Gasteiger partial charge in [-0.25, -0.2) is 4.39 Å². The maximum atomic E-state index is 13.6. The van der Waals surface area contributed by atoms with Crippen LogP contribution in [-0.2, 0) is 11.5 Å². The predicted octanol–water partition coefficient (Wildman–Crippen LogP) is 4.52. The van der Waals surface area contributed by atoms with E-state index in [-0.39, 0.29) is 10.3 Å². The average molecular weight is 399 g/mol. The third-order valence-corrected chi connectivity index (χ3v) is 4.94. The maximum absolute atomic E-state index is 13.6. The summed E-state index contributed by atoms with van der Waals surface area (Å²) in [5, 5.41) is 15.1. The van der Waals surface area contributed by atoms with E-state index >= 15 is 0 Å². The fourth-order valence-electron chi connectivity index (χ4n) is 1.96. The van der Waals surface area contributed by atoms with Gasteiger partial charge in [-0.05, 0) is 30.3 Å². The third-order valence-electron chi connectivity index (χ3n) is 3.07. The summed E-state index contributed by atoms with van der Waals surface area (Å²) in [6.07, 6.45) is 0. The molecule has 2 rings (SSSR count). The molecule has 0 bridgehead atoms. The Kier molecular flexibility index (Phi) is 6.98. The molecule has 2 aromatic carbocycles. The van der Waals surface area contributed by atoms with Crippen LogP contribution in [0.4, 0.5) is 4.39 Å². The van der Waals surface area contributed by atoms with Gasteiger partial charge in [-0.3, -0.25) is 10.8 Å². The van der Waals surface area contributed by atoms with Crippen LogP contribution in [0.15, 0.2) is 36.4 Å². The fourth-order valence-corrected chi connectivity index (χ4v) is 3.40. The molecular formula is C16H16ClFN4OS2. The normalized spacial score (nSPS) is 10.5. The smallest absolute Gasteiger partial charge is 0.151 e. The van der Waals surface area contributed by atoms with Gasteiger partial charge in [-0.2, -0.15) is 0 Å². The Labute approximate surface area is 158 Å². The monoisotopic (exact) mass is 398 g/mol. The van der Waals surface area contributed by atoms with E-state index in [1.54, 1.807) is 18.2 Å². The molecule has 0 unspecified atom stereocenters. The minimum absolute atomic E-state index is 0.0220. The average Bonchev–Trinajstić information content (AvgIpc) is 2.54. The first kappa shape index (κ1) is 19.4. The van der Waals surface area contributed by atoms with Crippen molar-refractivity contribution in [2.75, 3.05) is 0 Å². The van der Waals surface area contributed by atoms with Gasteiger partial charge >= 0.3 is 0 Å². The van der Waals surface area contributed by atoms with E-state index in [1.165, 1.54) is 18.2 Å². The Morgan fingerprint density at radius 3 is 2.40 bits per heavy atom. The predicted molar refractivity (Wildman–Crippen MR) is 104 cm³/mol. The molecule has 0 radical (unpaired) electrons. The van der Waals surface area contributed by atoms with Gasteiger partial charge in [0.15, 0.2) is 10.3 Å². The van der Waals surface area contributed by atoms with E-state index < -0.39 is 5.82 Å². The molecule has 6 N–H and O–H groups in total. The fraction of sp³-hybridized carbons (Fsp3) is 0.125. The third kappa shape index (κ3) is 5.84. The number of rotatable bonds is 6. The highest BCUT2D eigenvalue weighted by Crippen LogP contribution is 2.35. The topological polar surface area (TPSA) is 109 Å². The summed E-state index contributed by atoms with van der Waals surface area (Å²) >= 11 is 8.44. The van der Waals surface area contributed by atoms with Crippen molar-refractivity contribution in [1.29, 1.82) is 10.8 Å². The first-order valence-corrected chi connectivity index (χ1v) is 9.39. The largest absolute Gasteiger partial charge is 0.457 e. The molecule has 0 fully saturated rings. The molecule has 0 heterocycles. The molecule has 0 aromatic heterocycles. The lowest BCUT2D eigenvalue weighted by Gasteiger charge is -2.15. The highest BCUT2D eigenvalue weighted by molar-refractivity contribution is 8.13. The summed E-state index contributed by atoms with van der Waals surface area (Å²) in [5.74, 6) is 1.24. The van der Waals surface area contributed by atoms with Crippen molar-refractivity contribution in [2.45, 2.75) is 11.5 Å². The molecule has 0 saturated heterocycles. The number of amidine groups is 2. The van der Waals surface area contributed by atoms with E-state index in [9.17, 15) is 4.39 Å². The van der Waals surface area contributed by atoms with Crippen molar-refractivity contribution < 1.29 is 9.13 Å². The van der Waals surface area contributed by atoms with Crippen molar-refractivity contribution in [2.24, 2.45) is 11.5 Å². The van der Waals surface area contributed by atoms with Crippen molar-refractivity contribution in [3.05, 3.63) is 58.4 Å². The molecule has 132 valence electrons. The minimum atomic E-state index is -0.398. The summed E-state index contributed by atoms with van der Waals surface area (Å²) < 4.78 is 19.5. The quantitative estimate of drug-likeness (QED) is 0.422. The number of thioether (sulfide) groups is 2. The molecule has 0 aliphatic heterocycles. The second-order valence-electron chi connectivity index (χ2n) is 4.88. The molecule has 2 aromatic rings. The van der Waals surface area contributed by atoms with E-state index in [1.807, 2.05) is 0 Å². The Balaban J connectivity index is 2.31. The van der Waals surface area contributed by atoms with Gasteiger partial charge in [0.25, 0.3) is 0 Å². The number of hydrogen-bond donors (Lipinski definition) is 4. The summed E-state index contributed by atoms with van der Waals surface area (Å²) in [6, 6.07) is 9.38. The van der Waals surface area contributed by atoms with Gasteiger partial charge < -0.3 is 16.2 Å². The van der Waals surface area contributed by atoms with Crippen LogP contribution >= 0.6 is 35.1 Å². The van der Waals surface area contributed by atoms with Crippen LogP contribution in [0.25, 0.3) is 0 Å². The van der Waals surface area contributed by atoms with Crippen LogP contribution in [-0.4, -0.2) is 10.3 Å². The molecule has 5 nitrogen and oxygen atoms in total. The van der Waals surface area contributed by atoms with Crippen LogP contribution in [0, 0.1) is 16.6 Å². The van der Waals surface area contributed by atoms with Crippen molar-refractivity contribution in [1.82, 2.24) is 0 Å². The summed E-state index contributed by atoms with van der Waals surface area (Å²) in [5.41, 5.74) is 12.0. The maximum Gasteiger partial charge on any atom is 0.151 e. The second kappa shape index (κ2) is 8.98. The Morgan fingerprint density at radius 2 is 1.72 bits per heavy atom. The van der Waals surface area contributed by atoms with Crippen molar-refractivity contribution >= 4 is 45.5 Å². The number of ether oxygens (including phenoxy) is 1. The highest BCUT2D eigenvalue weighted by Gasteiger charge is 2.13. The van der Waals surface area contributed by atoms with Crippen molar-refractivity contribution in [3.8, 4) is 11.5 Å². The van der Waals surface area contributed by atoms with Crippen LogP contribution in [0.2, 0.25) is 5.02 Å². The molecule has 0 aliphatic rings. The van der Waals surface area contributed by atoms with Gasteiger partial charge in [0.2, 0.25) is 0 Å². The van der Waals surface area contributed by atoms with E-state index in [4.69, 9.17) is 38.6 Å². The first-order valence-electron chi connectivity index (χ1n) is 7.04. The number of halogens is 2. The lowest BCUT2D eigenvalue weighted by atomic mass is 10.2. The Morgan fingerprint density at radius 1 is 1.04 bits per heavy atom. The standard InChI is InChI=1S/C16H16ClFN4OS2/c17-12-2-1-3-14(11(12)8-25-16(21)22)23-13-5-4-10(18)6-9(13)7-24-15(19)20/h1-6H,7-8H2,(H3,19,20)(H3,21,22). The highest BCUT2D eigenvalue weighted by atomic mass is 35.5. The van der Waals surface area contributed by atoms with Gasteiger partial charge in [0.1, 0.15) is 17.3 Å². The molecule has 9 heteroatoms. The van der Waals surface area contributed by atoms with Gasteiger partial charge in [-0.15, -0.1) is 0 Å². The van der Waals surface area contributed by atoms with E-state index in [0.29, 0.717) is 39.2 Å². The van der Waals surface area contributed by atoms with Crippen LogP contribution in [0.3, 0.4) is 0 Å². The van der Waals surface area contributed by atoms with Crippen molar-refractivity contribution in [3.63, 3.8) is 0 Å². The number of benzene rings is 2. The van der Waals surface area contributed by atoms with Crippen LogP contribution in [0.1, 0.15) is 11.1 Å². The number of nitrogens with one attached hydrogen (secondary N) is 2. The summed E-state index contributed by atoms with van der Waals surface area (Å²) in [4.78, 5) is 0. The molecule has 0 atom stereocenters. The molecule has 0 saturated carbocycles. The van der Waals surface area contributed by atoms with Gasteiger partial charge in [0.05, 0.1) is 0 Å². The zero-order valence-electron chi connectivity index (χ0n) is 13.0. The number of hydrogen-bond acceptors (Lipinski definition) is 5. The lowest BCUT2D eigenvalue weighted by molar-refractivity contribution is 0.472. The van der Waals surface area contributed by atoms with Crippen LogP contribution in [0.5, 0.6) is 11.5 Å². The molecule has 0 aliphatic carbocycles. The SMILES string of the molecule is N=C(N)SCc1cc(F)ccc1Oc1cccc(Cl)c1CSC(=N)N.